The molecule has 1 aromatic heterocycles. The Kier molecular flexibility index (Phi) is 1.92. The molecule has 0 unspecified atom stereocenters. The maximum atomic E-state index is 12.6. The van der Waals surface area contributed by atoms with Gasteiger partial charge in [0.25, 0.3) is 0 Å². The topological polar surface area (TPSA) is 25.5 Å². The van der Waals surface area contributed by atoms with E-state index in [9.17, 15) is 13.2 Å². The zero-order valence-corrected chi connectivity index (χ0v) is 8.45. The van der Waals surface area contributed by atoms with Crippen molar-refractivity contribution < 1.29 is 17.6 Å². The predicted octanol–water partition coefficient (Wildman–Crippen LogP) is 3.77. The van der Waals surface area contributed by atoms with Gasteiger partial charge in [-0.25, -0.2) is 0 Å². The average molecular weight is 237 g/mol. The largest absolute Gasteiger partial charge is 0.464 e. The van der Waals surface area contributed by atoms with E-state index < -0.39 is 11.9 Å². The molecule has 0 aliphatic carbocycles. The minimum atomic E-state index is -4.45. The lowest BCUT2D eigenvalue weighted by Gasteiger charge is -2.05. The smallest absolute Gasteiger partial charge is 0.433 e. The highest BCUT2D eigenvalue weighted by Gasteiger charge is 2.34. The summed E-state index contributed by atoms with van der Waals surface area (Å²) in [5, 5.41) is 0.663. The van der Waals surface area contributed by atoms with Crippen LogP contribution in [0.1, 0.15) is 11.1 Å². The number of alkyl halides is 3. The molecule has 0 atom stereocenters. The summed E-state index contributed by atoms with van der Waals surface area (Å²) in [6.07, 6.45) is -0.823. The maximum Gasteiger partial charge on any atom is 0.433 e. The van der Waals surface area contributed by atoms with Gasteiger partial charge >= 0.3 is 6.18 Å². The Morgan fingerprint density at radius 2 is 1.94 bits per heavy atom. The number of aliphatic imine (C=N–C) groups is 1. The van der Waals surface area contributed by atoms with Crippen LogP contribution in [0.5, 0.6) is 0 Å². The van der Waals surface area contributed by atoms with E-state index in [0.717, 1.165) is 6.08 Å². The number of rotatable bonds is 0. The van der Waals surface area contributed by atoms with E-state index in [0.29, 0.717) is 22.1 Å². The molecule has 0 radical (unpaired) electrons. The first-order valence-corrected chi connectivity index (χ1v) is 4.89. The minimum absolute atomic E-state index is 0.469. The van der Waals surface area contributed by atoms with Crippen LogP contribution in [-0.4, -0.2) is 12.4 Å². The van der Waals surface area contributed by atoms with Gasteiger partial charge in [0.1, 0.15) is 17.5 Å². The number of furan rings is 1. The molecule has 2 nitrogen and oxygen atoms in total. The average Bonchev–Trinajstić information content (AvgIpc) is 2.55. The van der Waals surface area contributed by atoms with Crippen molar-refractivity contribution in [2.24, 2.45) is 4.99 Å². The number of benzene rings is 1. The molecule has 17 heavy (non-hydrogen) atoms. The summed E-state index contributed by atoms with van der Waals surface area (Å²) in [6, 6.07) is 4.98. The Hall–Kier alpha value is -2.04. The molecule has 0 N–H and O–H groups in total. The quantitative estimate of drug-likeness (QED) is 0.684. The van der Waals surface area contributed by atoms with Crippen molar-refractivity contribution in [2.45, 2.75) is 6.18 Å². The highest BCUT2D eigenvalue weighted by molar-refractivity contribution is 6.04. The van der Waals surface area contributed by atoms with Gasteiger partial charge in [-0.05, 0) is 17.7 Å². The van der Waals surface area contributed by atoms with Gasteiger partial charge in [-0.15, -0.1) is 0 Å². The predicted molar refractivity (Wildman–Crippen MR) is 57.8 cm³/mol. The number of hydrogen-bond acceptors (Lipinski definition) is 2. The minimum Gasteiger partial charge on any atom is -0.464 e. The van der Waals surface area contributed by atoms with Crippen molar-refractivity contribution in [1.29, 1.82) is 0 Å². The Balaban J connectivity index is 2.31. The van der Waals surface area contributed by atoms with Crippen LogP contribution in [0, 0.1) is 0 Å². The lowest BCUT2D eigenvalue weighted by atomic mass is 10.1. The molecule has 86 valence electrons. The molecule has 0 saturated carbocycles. The van der Waals surface area contributed by atoms with Crippen molar-refractivity contribution >= 4 is 23.3 Å². The second kappa shape index (κ2) is 3.23. The highest BCUT2D eigenvalue weighted by Crippen LogP contribution is 2.34. The van der Waals surface area contributed by atoms with Crippen LogP contribution in [0.2, 0.25) is 0 Å². The van der Waals surface area contributed by atoms with Gasteiger partial charge in [0.2, 0.25) is 0 Å². The molecule has 0 spiro atoms. The number of halogens is 3. The third-order valence-corrected chi connectivity index (χ3v) is 2.59. The normalized spacial score (nSPS) is 14.9. The van der Waals surface area contributed by atoms with Gasteiger partial charge < -0.3 is 4.42 Å². The van der Waals surface area contributed by atoms with Crippen LogP contribution < -0.4 is 0 Å². The van der Waals surface area contributed by atoms with E-state index in [4.69, 9.17) is 4.42 Å². The van der Waals surface area contributed by atoms with Crippen molar-refractivity contribution in [3.05, 3.63) is 41.3 Å². The zero-order chi connectivity index (χ0) is 12.0. The SMILES string of the molecule is FC(F)(F)C1=Cc2cccc3occ(c23)C=N1. The first kappa shape index (κ1) is 10.1. The van der Waals surface area contributed by atoms with Crippen LogP contribution in [0.15, 0.2) is 39.6 Å². The fourth-order valence-corrected chi connectivity index (χ4v) is 1.84. The summed E-state index contributed by atoms with van der Waals surface area (Å²) in [4.78, 5) is 3.46. The Bertz CT molecular complexity index is 649. The van der Waals surface area contributed by atoms with Crippen LogP contribution in [-0.2, 0) is 0 Å². The van der Waals surface area contributed by atoms with Gasteiger partial charge in [0.05, 0.1) is 0 Å². The fourth-order valence-electron chi connectivity index (χ4n) is 1.84. The molecule has 0 bridgehead atoms. The van der Waals surface area contributed by atoms with Gasteiger partial charge in [-0.1, -0.05) is 12.1 Å². The van der Waals surface area contributed by atoms with Crippen molar-refractivity contribution in [3.63, 3.8) is 0 Å². The molecular formula is C12H6F3NO. The molecule has 1 aliphatic heterocycles. The van der Waals surface area contributed by atoms with E-state index in [1.165, 1.54) is 12.5 Å². The molecule has 1 aromatic carbocycles. The molecule has 3 rings (SSSR count). The van der Waals surface area contributed by atoms with Gasteiger partial charge in [-0.3, -0.25) is 4.99 Å². The maximum absolute atomic E-state index is 12.6. The Labute approximate surface area is 94.1 Å². The van der Waals surface area contributed by atoms with Crippen LogP contribution in [0.3, 0.4) is 0 Å². The van der Waals surface area contributed by atoms with Crippen LogP contribution in [0.25, 0.3) is 17.0 Å². The molecule has 5 heteroatoms. The molecule has 2 aromatic rings. The monoisotopic (exact) mass is 237 g/mol. The van der Waals surface area contributed by atoms with Gasteiger partial charge in [-0.2, -0.15) is 13.2 Å². The summed E-state index contributed by atoms with van der Waals surface area (Å²) in [7, 11) is 0. The van der Waals surface area contributed by atoms with E-state index in [-0.39, 0.29) is 0 Å². The van der Waals surface area contributed by atoms with Crippen molar-refractivity contribution in [1.82, 2.24) is 0 Å². The van der Waals surface area contributed by atoms with E-state index in [1.54, 1.807) is 18.2 Å². The van der Waals surface area contributed by atoms with Crippen molar-refractivity contribution in [3.8, 4) is 0 Å². The van der Waals surface area contributed by atoms with Gasteiger partial charge in [0.15, 0.2) is 0 Å². The second-order valence-corrected chi connectivity index (χ2v) is 3.70. The first-order valence-electron chi connectivity index (χ1n) is 4.89. The fraction of sp³-hybridized carbons (Fsp3) is 0.0833. The number of allylic oxidation sites excluding steroid dienone is 1. The number of nitrogens with zero attached hydrogens (tertiary/aromatic N) is 1. The summed E-state index contributed by atoms with van der Waals surface area (Å²) in [6.45, 7) is 0. The van der Waals surface area contributed by atoms with Gasteiger partial charge in [0, 0.05) is 17.2 Å². The standard InChI is InChI=1S/C12H6F3NO/c13-12(14,15)10-4-7-2-1-3-9-11(7)8(5-16-10)6-17-9/h1-6H. The molecule has 0 fully saturated rings. The molecule has 1 aliphatic rings. The lowest BCUT2D eigenvalue weighted by molar-refractivity contribution is -0.0912. The summed E-state index contributed by atoms with van der Waals surface area (Å²) >= 11 is 0. The Morgan fingerprint density at radius 3 is 2.71 bits per heavy atom. The van der Waals surface area contributed by atoms with Crippen LogP contribution >= 0.6 is 0 Å². The number of hydrogen-bond donors (Lipinski definition) is 0. The lowest BCUT2D eigenvalue weighted by Crippen LogP contribution is -2.09. The van der Waals surface area contributed by atoms with Crippen molar-refractivity contribution in [2.75, 3.05) is 0 Å². The van der Waals surface area contributed by atoms with E-state index in [1.807, 2.05) is 0 Å². The zero-order valence-electron chi connectivity index (χ0n) is 8.45. The highest BCUT2D eigenvalue weighted by atomic mass is 19.4. The Morgan fingerprint density at radius 1 is 1.12 bits per heavy atom. The second-order valence-electron chi connectivity index (χ2n) is 3.70. The summed E-state index contributed by atoms with van der Waals surface area (Å²) in [5.41, 5.74) is 0.687. The molecule has 2 heterocycles. The van der Waals surface area contributed by atoms with E-state index in [2.05, 4.69) is 4.99 Å². The van der Waals surface area contributed by atoms with E-state index >= 15 is 0 Å². The van der Waals surface area contributed by atoms with Crippen LogP contribution in [0.4, 0.5) is 13.2 Å². The third-order valence-electron chi connectivity index (χ3n) is 2.59. The first-order chi connectivity index (χ1) is 8.05. The molecular weight excluding hydrogens is 231 g/mol. The molecule has 0 amide bonds. The molecule has 0 saturated heterocycles. The third kappa shape index (κ3) is 1.54. The summed E-state index contributed by atoms with van der Waals surface area (Å²) in [5.74, 6) is 0. The summed E-state index contributed by atoms with van der Waals surface area (Å²) < 4.78 is 43.1.